The lowest BCUT2D eigenvalue weighted by Gasteiger charge is -2.14. The molecule has 1 unspecified atom stereocenters. The zero-order chi connectivity index (χ0) is 13.4. The van der Waals surface area contributed by atoms with Crippen molar-refractivity contribution in [2.75, 3.05) is 18.1 Å². The first-order valence-corrected chi connectivity index (χ1v) is 7.68. The molecule has 0 radical (unpaired) electrons. The van der Waals surface area contributed by atoms with Crippen molar-refractivity contribution in [3.63, 3.8) is 0 Å². The van der Waals surface area contributed by atoms with Gasteiger partial charge in [0.05, 0.1) is 11.8 Å². The van der Waals surface area contributed by atoms with Gasteiger partial charge in [-0.25, -0.2) is 0 Å². The van der Waals surface area contributed by atoms with E-state index in [9.17, 15) is 9.59 Å². The van der Waals surface area contributed by atoms with Crippen molar-refractivity contribution in [2.24, 2.45) is 5.73 Å². The molecule has 1 saturated carbocycles. The number of hydrogen-bond donors (Lipinski definition) is 3. The Morgan fingerprint density at radius 2 is 2.17 bits per heavy atom. The smallest absolute Gasteiger partial charge is 0.234 e. The third-order valence-electron chi connectivity index (χ3n) is 2.71. The maximum atomic E-state index is 11.3. The Morgan fingerprint density at radius 1 is 1.44 bits per heavy atom. The van der Waals surface area contributed by atoms with Crippen molar-refractivity contribution in [3.8, 4) is 0 Å². The zero-order valence-corrected chi connectivity index (χ0v) is 11.7. The number of nitrogens with one attached hydrogen (secondary N) is 2. The summed E-state index contributed by atoms with van der Waals surface area (Å²) in [6.07, 6.45) is 3.91. The molecule has 0 bridgehead atoms. The van der Waals surface area contributed by atoms with Crippen LogP contribution in [0.4, 0.5) is 0 Å². The van der Waals surface area contributed by atoms with Gasteiger partial charge < -0.3 is 16.4 Å². The van der Waals surface area contributed by atoms with Crippen molar-refractivity contribution >= 4 is 23.6 Å². The largest absolute Gasteiger partial charge is 0.368 e. The van der Waals surface area contributed by atoms with E-state index in [0.29, 0.717) is 18.2 Å². The monoisotopic (exact) mass is 273 g/mol. The van der Waals surface area contributed by atoms with Gasteiger partial charge in [0.2, 0.25) is 11.8 Å². The molecule has 1 rings (SSSR count). The standard InChI is InChI=1S/C12H23N3O2S/c1-2-6-14-11(16)8-18-7-5-10(12(13)17)15-9-3-4-9/h9-10,15H,2-8H2,1H3,(H2,13,17)(H,14,16). The van der Waals surface area contributed by atoms with Crippen molar-refractivity contribution in [1.29, 1.82) is 0 Å². The molecule has 1 fully saturated rings. The van der Waals surface area contributed by atoms with Gasteiger partial charge in [-0.15, -0.1) is 0 Å². The Labute approximate surface area is 113 Å². The summed E-state index contributed by atoms with van der Waals surface area (Å²) in [5, 5.41) is 6.04. The van der Waals surface area contributed by atoms with Crippen LogP contribution in [-0.4, -0.2) is 41.9 Å². The number of hydrogen-bond acceptors (Lipinski definition) is 4. The minimum absolute atomic E-state index is 0.0626. The van der Waals surface area contributed by atoms with Crippen LogP contribution < -0.4 is 16.4 Å². The Kier molecular flexibility index (Phi) is 7.12. The Bertz CT molecular complexity index is 282. The summed E-state index contributed by atoms with van der Waals surface area (Å²) in [5.41, 5.74) is 5.33. The molecule has 0 aromatic carbocycles. The molecule has 1 atom stereocenters. The van der Waals surface area contributed by atoms with Gasteiger partial charge in [0.1, 0.15) is 0 Å². The van der Waals surface area contributed by atoms with Crippen LogP contribution in [0, 0.1) is 0 Å². The van der Waals surface area contributed by atoms with Gasteiger partial charge in [-0.1, -0.05) is 6.92 Å². The second-order valence-electron chi connectivity index (χ2n) is 4.59. The summed E-state index contributed by atoms with van der Waals surface area (Å²) >= 11 is 1.55. The normalized spacial score (nSPS) is 16.3. The number of carbonyl (C=O) groups is 2. The first kappa shape index (κ1) is 15.3. The van der Waals surface area contributed by atoms with Crippen LogP contribution in [0.2, 0.25) is 0 Å². The molecule has 2 amide bonds. The topological polar surface area (TPSA) is 84.2 Å². The summed E-state index contributed by atoms with van der Waals surface area (Å²) < 4.78 is 0. The Balaban J connectivity index is 2.06. The van der Waals surface area contributed by atoms with Crippen molar-refractivity contribution < 1.29 is 9.59 Å². The minimum Gasteiger partial charge on any atom is -0.368 e. The van der Waals surface area contributed by atoms with Gasteiger partial charge in [0.15, 0.2) is 0 Å². The molecular weight excluding hydrogens is 250 g/mol. The number of primary amides is 1. The highest BCUT2D eigenvalue weighted by Crippen LogP contribution is 2.20. The minimum atomic E-state index is -0.294. The van der Waals surface area contributed by atoms with Crippen molar-refractivity contribution in [2.45, 2.75) is 44.7 Å². The second-order valence-corrected chi connectivity index (χ2v) is 5.69. The van der Waals surface area contributed by atoms with E-state index in [4.69, 9.17) is 5.73 Å². The molecule has 0 spiro atoms. The molecule has 5 nitrogen and oxygen atoms in total. The van der Waals surface area contributed by atoms with Crippen LogP contribution in [0.3, 0.4) is 0 Å². The lowest BCUT2D eigenvalue weighted by Crippen LogP contribution is -2.42. The first-order valence-electron chi connectivity index (χ1n) is 6.53. The lowest BCUT2D eigenvalue weighted by molar-refractivity contribution is -0.120. The Morgan fingerprint density at radius 3 is 2.72 bits per heavy atom. The third kappa shape index (κ3) is 6.86. The van der Waals surface area contributed by atoms with Gasteiger partial charge >= 0.3 is 0 Å². The van der Waals surface area contributed by atoms with Crippen LogP contribution in [0.15, 0.2) is 0 Å². The predicted octanol–water partition coefficient (Wildman–Crippen LogP) is 0.242. The molecule has 0 heterocycles. The summed E-state index contributed by atoms with van der Waals surface area (Å²) in [7, 11) is 0. The van der Waals surface area contributed by atoms with Crippen LogP contribution in [-0.2, 0) is 9.59 Å². The van der Waals surface area contributed by atoms with Crippen molar-refractivity contribution in [3.05, 3.63) is 0 Å². The highest BCUT2D eigenvalue weighted by molar-refractivity contribution is 7.99. The molecule has 6 heteroatoms. The van der Waals surface area contributed by atoms with E-state index in [1.54, 1.807) is 11.8 Å². The molecular formula is C12H23N3O2S. The maximum Gasteiger partial charge on any atom is 0.234 e. The molecule has 0 aliphatic heterocycles. The first-order chi connectivity index (χ1) is 8.63. The molecule has 1 aliphatic carbocycles. The SMILES string of the molecule is CCCNC(=O)CSCCC(NC1CC1)C(N)=O. The molecule has 104 valence electrons. The van der Waals surface area contributed by atoms with E-state index in [1.807, 2.05) is 6.92 Å². The molecule has 0 saturated heterocycles. The predicted molar refractivity (Wildman–Crippen MR) is 74.4 cm³/mol. The van der Waals surface area contributed by atoms with Gasteiger partial charge in [-0.2, -0.15) is 11.8 Å². The van der Waals surface area contributed by atoms with Crippen LogP contribution >= 0.6 is 11.8 Å². The van der Waals surface area contributed by atoms with E-state index < -0.39 is 0 Å². The van der Waals surface area contributed by atoms with E-state index in [-0.39, 0.29) is 17.9 Å². The van der Waals surface area contributed by atoms with E-state index in [1.165, 1.54) is 0 Å². The fourth-order valence-corrected chi connectivity index (χ4v) is 2.36. The number of amides is 2. The highest BCUT2D eigenvalue weighted by Gasteiger charge is 2.26. The average molecular weight is 273 g/mol. The number of thioether (sulfide) groups is 1. The summed E-state index contributed by atoms with van der Waals surface area (Å²) in [5.74, 6) is 0.993. The highest BCUT2D eigenvalue weighted by atomic mass is 32.2. The van der Waals surface area contributed by atoms with Crippen LogP contribution in [0.25, 0.3) is 0 Å². The van der Waals surface area contributed by atoms with Gasteiger partial charge in [0.25, 0.3) is 0 Å². The summed E-state index contributed by atoms with van der Waals surface area (Å²) in [6, 6.07) is 0.226. The fourth-order valence-electron chi connectivity index (χ4n) is 1.52. The molecule has 4 N–H and O–H groups in total. The molecule has 18 heavy (non-hydrogen) atoms. The maximum absolute atomic E-state index is 11.3. The number of rotatable bonds is 10. The van der Waals surface area contributed by atoms with Crippen LogP contribution in [0.1, 0.15) is 32.6 Å². The van der Waals surface area contributed by atoms with E-state index >= 15 is 0 Å². The Hall–Kier alpha value is -0.750. The van der Waals surface area contributed by atoms with Crippen molar-refractivity contribution in [1.82, 2.24) is 10.6 Å². The van der Waals surface area contributed by atoms with Gasteiger partial charge in [0, 0.05) is 12.6 Å². The summed E-state index contributed by atoms with van der Waals surface area (Å²) in [6.45, 7) is 2.75. The van der Waals surface area contributed by atoms with E-state index in [0.717, 1.165) is 31.6 Å². The molecule has 0 aromatic rings. The third-order valence-corrected chi connectivity index (χ3v) is 3.70. The molecule has 0 aromatic heterocycles. The van der Waals surface area contributed by atoms with Crippen LogP contribution in [0.5, 0.6) is 0 Å². The number of nitrogens with two attached hydrogens (primary N) is 1. The van der Waals surface area contributed by atoms with Gasteiger partial charge in [-0.3, -0.25) is 9.59 Å². The fraction of sp³-hybridized carbons (Fsp3) is 0.833. The zero-order valence-electron chi connectivity index (χ0n) is 10.9. The summed E-state index contributed by atoms with van der Waals surface area (Å²) in [4.78, 5) is 22.5. The number of carbonyl (C=O) groups excluding carboxylic acids is 2. The lowest BCUT2D eigenvalue weighted by atomic mass is 10.2. The quantitative estimate of drug-likeness (QED) is 0.498. The molecule has 1 aliphatic rings. The second kappa shape index (κ2) is 8.37. The van der Waals surface area contributed by atoms with E-state index in [2.05, 4.69) is 10.6 Å². The van der Waals surface area contributed by atoms with Gasteiger partial charge in [-0.05, 0) is 31.4 Å². The average Bonchev–Trinajstić information content (AvgIpc) is 3.14.